The first-order chi connectivity index (χ1) is 8.52. The van der Waals surface area contributed by atoms with Crippen LogP contribution in [0.4, 0.5) is 0 Å². The maximum atomic E-state index is 11.0. The lowest BCUT2D eigenvalue weighted by atomic mass is 10.1. The number of hydrogen-bond donors (Lipinski definition) is 1. The van der Waals surface area contributed by atoms with Crippen molar-refractivity contribution in [2.45, 2.75) is 19.8 Å². The smallest absolute Gasteiger partial charge is 0.313 e. The zero-order chi connectivity index (χ0) is 13.3. The number of aromatic nitrogens is 2. The van der Waals surface area contributed by atoms with Gasteiger partial charge in [0.25, 0.3) is 0 Å². The summed E-state index contributed by atoms with van der Waals surface area (Å²) in [6.45, 7) is 3.41. The Bertz CT molecular complexity index is 610. The van der Waals surface area contributed by atoms with E-state index in [1.807, 2.05) is 19.1 Å². The molecule has 0 radical (unpaired) electrons. The van der Waals surface area contributed by atoms with Gasteiger partial charge in [-0.1, -0.05) is 0 Å². The second kappa shape index (κ2) is 4.60. The third-order valence-electron chi connectivity index (χ3n) is 2.87. The van der Waals surface area contributed by atoms with Gasteiger partial charge in [-0.05, 0) is 26.0 Å². The average Bonchev–Trinajstić information content (AvgIpc) is 2.36. The molecule has 1 aromatic carbocycles. The van der Waals surface area contributed by atoms with Crippen LogP contribution in [0, 0.1) is 6.92 Å². The minimum absolute atomic E-state index is 0.320. The van der Waals surface area contributed by atoms with Crippen molar-refractivity contribution in [2.24, 2.45) is 0 Å². The number of carbonyl (C=O) groups is 1. The first-order valence-corrected chi connectivity index (χ1v) is 5.58. The van der Waals surface area contributed by atoms with Gasteiger partial charge in [-0.25, -0.2) is 9.97 Å². The van der Waals surface area contributed by atoms with Crippen molar-refractivity contribution in [3.8, 4) is 5.75 Å². The van der Waals surface area contributed by atoms with E-state index in [1.165, 1.54) is 0 Å². The molecule has 2 aromatic rings. The summed E-state index contributed by atoms with van der Waals surface area (Å²) in [6.07, 6.45) is 0. The number of aryl methyl sites for hydroxylation is 1. The van der Waals surface area contributed by atoms with E-state index in [1.54, 1.807) is 20.1 Å². The predicted molar refractivity (Wildman–Crippen MR) is 66.9 cm³/mol. The molecule has 0 aliphatic carbocycles. The molecule has 1 aromatic heterocycles. The SMILES string of the molecule is COc1ccc2c(C)nc(C(C)C(=O)O)nc2c1. The van der Waals surface area contributed by atoms with Gasteiger partial charge in [-0.15, -0.1) is 0 Å². The molecule has 0 spiro atoms. The first kappa shape index (κ1) is 12.3. The topological polar surface area (TPSA) is 72.3 Å². The molecule has 1 N–H and O–H groups in total. The highest BCUT2D eigenvalue weighted by Crippen LogP contribution is 2.23. The van der Waals surface area contributed by atoms with Gasteiger partial charge in [-0.2, -0.15) is 0 Å². The highest BCUT2D eigenvalue weighted by molar-refractivity contribution is 5.83. The lowest BCUT2D eigenvalue weighted by Gasteiger charge is -2.09. The van der Waals surface area contributed by atoms with Crippen LogP contribution in [-0.4, -0.2) is 28.2 Å². The summed E-state index contributed by atoms with van der Waals surface area (Å²) in [5, 5.41) is 9.89. The van der Waals surface area contributed by atoms with E-state index in [9.17, 15) is 4.79 Å². The highest BCUT2D eigenvalue weighted by atomic mass is 16.5. The largest absolute Gasteiger partial charge is 0.497 e. The van der Waals surface area contributed by atoms with Gasteiger partial charge in [0.1, 0.15) is 17.5 Å². The molecule has 0 fully saturated rings. The van der Waals surface area contributed by atoms with Crippen LogP contribution in [0.25, 0.3) is 10.9 Å². The number of ether oxygens (including phenoxy) is 1. The number of carboxylic acids is 1. The van der Waals surface area contributed by atoms with Crippen molar-refractivity contribution in [3.05, 3.63) is 29.7 Å². The summed E-state index contributed by atoms with van der Waals surface area (Å²) in [5.41, 5.74) is 1.47. The van der Waals surface area contributed by atoms with E-state index in [4.69, 9.17) is 9.84 Å². The van der Waals surface area contributed by atoms with Crippen LogP contribution in [0.2, 0.25) is 0 Å². The average molecular weight is 246 g/mol. The Labute approximate surface area is 104 Å². The Morgan fingerprint density at radius 3 is 2.72 bits per heavy atom. The fraction of sp³-hybridized carbons (Fsp3) is 0.308. The molecule has 2 rings (SSSR count). The van der Waals surface area contributed by atoms with Crippen molar-refractivity contribution in [2.75, 3.05) is 7.11 Å². The van der Waals surface area contributed by atoms with E-state index in [-0.39, 0.29) is 0 Å². The lowest BCUT2D eigenvalue weighted by molar-refractivity contribution is -0.138. The zero-order valence-electron chi connectivity index (χ0n) is 10.5. The van der Waals surface area contributed by atoms with E-state index < -0.39 is 11.9 Å². The van der Waals surface area contributed by atoms with E-state index >= 15 is 0 Å². The Balaban J connectivity index is 2.62. The van der Waals surface area contributed by atoms with Crippen LogP contribution >= 0.6 is 0 Å². The fourth-order valence-electron chi connectivity index (χ4n) is 1.72. The number of hydrogen-bond acceptors (Lipinski definition) is 4. The van der Waals surface area contributed by atoms with Gasteiger partial charge in [0.15, 0.2) is 0 Å². The van der Waals surface area contributed by atoms with Crippen LogP contribution in [0.15, 0.2) is 18.2 Å². The summed E-state index contributed by atoms with van der Waals surface area (Å²) < 4.78 is 5.13. The maximum absolute atomic E-state index is 11.0. The molecule has 0 amide bonds. The third kappa shape index (κ3) is 2.11. The highest BCUT2D eigenvalue weighted by Gasteiger charge is 2.18. The van der Waals surface area contributed by atoms with Gasteiger partial charge >= 0.3 is 5.97 Å². The second-order valence-corrected chi connectivity index (χ2v) is 4.11. The molecule has 1 unspecified atom stereocenters. The van der Waals surface area contributed by atoms with E-state index in [0.29, 0.717) is 17.1 Å². The van der Waals surface area contributed by atoms with Crippen molar-refractivity contribution >= 4 is 16.9 Å². The molecule has 94 valence electrons. The number of rotatable bonds is 3. The molecule has 0 aliphatic rings. The molecule has 1 atom stereocenters. The first-order valence-electron chi connectivity index (χ1n) is 5.58. The number of benzene rings is 1. The van der Waals surface area contributed by atoms with Gasteiger partial charge in [0.2, 0.25) is 0 Å². The van der Waals surface area contributed by atoms with E-state index in [2.05, 4.69) is 9.97 Å². The number of methoxy groups -OCH3 is 1. The maximum Gasteiger partial charge on any atom is 0.313 e. The van der Waals surface area contributed by atoms with Crippen LogP contribution < -0.4 is 4.74 Å². The van der Waals surface area contributed by atoms with Crippen molar-refractivity contribution in [1.29, 1.82) is 0 Å². The van der Waals surface area contributed by atoms with Crippen LogP contribution in [0.3, 0.4) is 0 Å². The molecule has 0 saturated heterocycles. The summed E-state index contributed by atoms with van der Waals surface area (Å²) in [7, 11) is 1.58. The summed E-state index contributed by atoms with van der Waals surface area (Å²) in [5.74, 6) is -0.647. The Kier molecular flexibility index (Phi) is 3.14. The van der Waals surface area contributed by atoms with Crippen LogP contribution in [0.5, 0.6) is 5.75 Å². The monoisotopic (exact) mass is 246 g/mol. The van der Waals surface area contributed by atoms with E-state index in [0.717, 1.165) is 11.1 Å². The van der Waals surface area contributed by atoms with Gasteiger partial charge in [0.05, 0.1) is 12.6 Å². The normalized spacial score (nSPS) is 12.4. The Morgan fingerprint density at radius 1 is 1.39 bits per heavy atom. The zero-order valence-corrected chi connectivity index (χ0v) is 10.5. The number of nitrogens with zero attached hydrogens (tertiary/aromatic N) is 2. The van der Waals surface area contributed by atoms with Crippen LogP contribution in [-0.2, 0) is 4.79 Å². The molecule has 0 saturated carbocycles. The lowest BCUT2D eigenvalue weighted by Crippen LogP contribution is -2.12. The molecule has 0 bridgehead atoms. The molecule has 5 heteroatoms. The predicted octanol–water partition coefficient (Wildman–Crippen LogP) is 2.13. The van der Waals surface area contributed by atoms with Crippen molar-refractivity contribution < 1.29 is 14.6 Å². The fourth-order valence-corrected chi connectivity index (χ4v) is 1.72. The van der Waals surface area contributed by atoms with Gasteiger partial charge in [-0.3, -0.25) is 4.79 Å². The van der Waals surface area contributed by atoms with Crippen molar-refractivity contribution in [3.63, 3.8) is 0 Å². The number of aliphatic carboxylic acids is 1. The quantitative estimate of drug-likeness (QED) is 0.898. The Hall–Kier alpha value is -2.17. The Morgan fingerprint density at radius 2 is 2.11 bits per heavy atom. The second-order valence-electron chi connectivity index (χ2n) is 4.11. The summed E-state index contributed by atoms with van der Waals surface area (Å²) in [6, 6.07) is 5.49. The van der Waals surface area contributed by atoms with Gasteiger partial charge in [0, 0.05) is 17.1 Å². The van der Waals surface area contributed by atoms with Crippen LogP contribution in [0.1, 0.15) is 24.4 Å². The minimum Gasteiger partial charge on any atom is -0.497 e. The molecule has 1 heterocycles. The van der Waals surface area contributed by atoms with Crippen molar-refractivity contribution in [1.82, 2.24) is 9.97 Å². The number of fused-ring (bicyclic) bond motifs is 1. The summed E-state index contributed by atoms with van der Waals surface area (Å²) >= 11 is 0. The molecule has 18 heavy (non-hydrogen) atoms. The van der Waals surface area contributed by atoms with Gasteiger partial charge < -0.3 is 9.84 Å². The molecular formula is C13H14N2O3. The molecule has 0 aliphatic heterocycles. The summed E-state index contributed by atoms with van der Waals surface area (Å²) in [4.78, 5) is 19.5. The molecule has 5 nitrogen and oxygen atoms in total. The minimum atomic E-state index is -0.934. The number of carboxylic acid groups (broad SMARTS) is 1. The standard InChI is InChI=1S/C13H14N2O3/c1-7(13(16)17)12-14-8(2)10-5-4-9(18-3)6-11(10)15-12/h4-7H,1-3H3,(H,16,17). The third-order valence-corrected chi connectivity index (χ3v) is 2.87. The molecular weight excluding hydrogens is 232 g/mol.